The molecule has 0 aliphatic carbocycles. The van der Waals surface area contributed by atoms with Gasteiger partial charge in [0.2, 0.25) is 5.91 Å². The van der Waals surface area contributed by atoms with Crippen LogP contribution in [-0.2, 0) is 15.6 Å². The molecule has 0 radical (unpaired) electrons. The minimum Gasteiger partial charge on any atom is -0.496 e. The van der Waals surface area contributed by atoms with Gasteiger partial charge >= 0.3 is 0 Å². The van der Waals surface area contributed by atoms with Crippen LogP contribution in [0, 0.1) is 0 Å². The summed E-state index contributed by atoms with van der Waals surface area (Å²) in [7, 11) is 1.77. The van der Waals surface area contributed by atoms with E-state index in [0.717, 1.165) is 47.9 Å². The third kappa shape index (κ3) is 5.91. The Balaban J connectivity index is 1.47. The number of aliphatic hydroxyl groups is 1. The van der Waals surface area contributed by atoms with Gasteiger partial charge in [-0.05, 0) is 42.7 Å². The third-order valence-electron chi connectivity index (χ3n) is 7.94. The van der Waals surface area contributed by atoms with E-state index >= 15 is 0 Å². The molecule has 7 nitrogen and oxygen atoms in total. The second-order valence-electron chi connectivity index (χ2n) is 12.8. The molecule has 1 saturated heterocycles. The number of carbonyl (C=O) groups excluding carboxylic acids is 1. The average molecular weight is 541 g/mol. The molecule has 1 fully saturated rings. The van der Waals surface area contributed by atoms with Gasteiger partial charge in [0.25, 0.3) is 0 Å². The zero-order valence-electron chi connectivity index (χ0n) is 24.2. The van der Waals surface area contributed by atoms with Crippen LogP contribution in [0.25, 0.3) is 10.6 Å². The van der Waals surface area contributed by atoms with Crippen molar-refractivity contribution in [1.82, 2.24) is 14.8 Å². The van der Waals surface area contributed by atoms with Crippen molar-refractivity contribution in [3.8, 4) is 16.3 Å². The van der Waals surface area contributed by atoms with E-state index in [1.807, 2.05) is 16.7 Å². The Morgan fingerprint density at radius 2 is 1.71 bits per heavy atom. The fourth-order valence-electron chi connectivity index (χ4n) is 5.38. The lowest BCUT2D eigenvalue weighted by Crippen LogP contribution is -2.46. The lowest BCUT2D eigenvalue weighted by molar-refractivity contribution is -0.132. The van der Waals surface area contributed by atoms with E-state index < -0.39 is 0 Å². The summed E-state index contributed by atoms with van der Waals surface area (Å²) in [6.07, 6.45) is 3.55. The van der Waals surface area contributed by atoms with E-state index in [0.29, 0.717) is 12.5 Å². The summed E-state index contributed by atoms with van der Waals surface area (Å²) in [5.74, 6) is 1.46. The molecule has 2 unspecified atom stereocenters. The molecule has 2 aliphatic heterocycles. The molecule has 1 N–H and O–H groups in total. The monoisotopic (exact) mass is 540 g/mol. The average Bonchev–Trinajstić information content (AvgIpc) is 3.49. The predicted octanol–water partition coefficient (Wildman–Crippen LogP) is 5.21. The number of amides is 1. The fraction of sp³-hybridized carbons (Fsp3) is 0.633. The predicted molar refractivity (Wildman–Crippen MR) is 156 cm³/mol. The summed E-state index contributed by atoms with van der Waals surface area (Å²) in [5, 5.41) is 12.7. The topological polar surface area (TPSA) is 78.3 Å². The first-order valence-corrected chi connectivity index (χ1v) is 14.6. The maximum absolute atomic E-state index is 12.9. The highest BCUT2D eigenvalue weighted by Crippen LogP contribution is 2.43. The number of methoxy groups -OCH3 is 1. The van der Waals surface area contributed by atoms with Crippen LogP contribution < -0.4 is 4.74 Å². The normalized spacial score (nSPS) is 20.9. The molecule has 0 saturated carbocycles. The van der Waals surface area contributed by atoms with Crippen molar-refractivity contribution in [2.75, 3.05) is 33.4 Å². The van der Waals surface area contributed by atoms with Crippen molar-refractivity contribution < 1.29 is 14.6 Å². The van der Waals surface area contributed by atoms with Crippen LogP contribution in [0.3, 0.4) is 0 Å². The molecule has 4 rings (SSSR count). The Hall–Kier alpha value is -2.45. The number of aliphatic hydroxyl groups excluding tert-OH is 1. The quantitative estimate of drug-likeness (QED) is 0.544. The van der Waals surface area contributed by atoms with Crippen molar-refractivity contribution in [3.05, 3.63) is 34.3 Å². The number of carbonyl (C=O) groups is 1. The standard InChI is InChI=1S/C30H44N4O3S/c1-19-24(16-35)31-18-34(19)15-26(36)33-11-9-20(10-12-33)25-17-38-28(32-25)21-13-22(29(2,3)4)27(37-8)23(14-21)30(5,6)7/h13-14,17-20,24,35H,9-12,15-16H2,1-8H3. The zero-order chi connectivity index (χ0) is 27.8. The van der Waals surface area contributed by atoms with Crippen LogP contribution in [0.5, 0.6) is 5.75 Å². The first-order chi connectivity index (χ1) is 17.8. The zero-order valence-corrected chi connectivity index (χ0v) is 25.1. The number of hydrogen-bond acceptors (Lipinski definition) is 7. The van der Waals surface area contributed by atoms with Gasteiger partial charge in [-0.15, -0.1) is 11.3 Å². The Bertz CT molecular complexity index is 1130. The number of thiazole rings is 1. The molecule has 1 aromatic carbocycles. The summed E-state index contributed by atoms with van der Waals surface area (Å²) in [6.45, 7) is 17.2. The van der Waals surface area contributed by atoms with Crippen LogP contribution >= 0.6 is 11.3 Å². The highest BCUT2D eigenvalue weighted by Gasteiger charge is 2.32. The molecule has 1 amide bonds. The molecular weight excluding hydrogens is 496 g/mol. The maximum atomic E-state index is 12.9. The molecule has 0 bridgehead atoms. The second kappa shape index (κ2) is 11.0. The molecule has 2 atom stereocenters. The van der Waals surface area contributed by atoms with Crippen molar-refractivity contribution in [2.45, 2.75) is 90.1 Å². The van der Waals surface area contributed by atoms with Crippen LogP contribution in [0.2, 0.25) is 0 Å². The van der Waals surface area contributed by atoms with Gasteiger partial charge in [0.15, 0.2) is 0 Å². The van der Waals surface area contributed by atoms with Gasteiger partial charge in [-0.3, -0.25) is 9.79 Å². The fourth-order valence-corrected chi connectivity index (χ4v) is 6.27. The van der Waals surface area contributed by atoms with Gasteiger partial charge in [0, 0.05) is 41.1 Å². The molecule has 8 heteroatoms. The SMILES string of the molecule is COc1c(C(C)(C)C)cc(-c2nc(C3CCN(C(=O)CN4C=NC(CO)C4C)CC3)cs2)cc1C(C)(C)C. The molecular formula is C30H44N4O3S. The largest absolute Gasteiger partial charge is 0.496 e. The lowest BCUT2D eigenvalue weighted by atomic mass is 9.78. The maximum Gasteiger partial charge on any atom is 0.242 e. The Morgan fingerprint density at radius 1 is 1.11 bits per heavy atom. The molecule has 208 valence electrons. The van der Waals surface area contributed by atoms with Crippen molar-refractivity contribution in [2.24, 2.45) is 4.99 Å². The van der Waals surface area contributed by atoms with Crippen LogP contribution in [0.15, 0.2) is 22.5 Å². The summed E-state index contributed by atoms with van der Waals surface area (Å²) in [4.78, 5) is 26.3. The number of benzene rings is 1. The van der Waals surface area contributed by atoms with Gasteiger partial charge in [-0.1, -0.05) is 41.5 Å². The lowest BCUT2D eigenvalue weighted by Gasteiger charge is -2.33. The number of aliphatic imine (C=N–C) groups is 1. The van der Waals surface area contributed by atoms with E-state index in [1.54, 1.807) is 24.8 Å². The minimum atomic E-state index is -0.142. The third-order valence-corrected chi connectivity index (χ3v) is 8.84. The number of nitrogens with zero attached hydrogens (tertiary/aromatic N) is 4. The number of piperidine rings is 1. The van der Waals surface area contributed by atoms with Gasteiger partial charge in [0.1, 0.15) is 10.8 Å². The summed E-state index contributed by atoms with van der Waals surface area (Å²) >= 11 is 1.71. The molecule has 0 spiro atoms. The molecule has 2 aliphatic rings. The van der Waals surface area contributed by atoms with E-state index in [2.05, 4.69) is 64.0 Å². The van der Waals surface area contributed by atoms with E-state index in [9.17, 15) is 9.90 Å². The molecule has 38 heavy (non-hydrogen) atoms. The van der Waals surface area contributed by atoms with Gasteiger partial charge < -0.3 is 19.6 Å². The highest BCUT2D eigenvalue weighted by atomic mass is 32.1. The second-order valence-corrected chi connectivity index (χ2v) is 13.6. The highest BCUT2D eigenvalue weighted by molar-refractivity contribution is 7.13. The van der Waals surface area contributed by atoms with E-state index in [-0.39, 0.29) is 35.4 Å². The van der Waals surface area contributed by atoms with Crippen molar-refractivity contribution in [3.63, 3.8) is 0 Å². The van der Waals surface area contributed by atoms with Gasteiger partial charge in [-0.25, -0.2) is 4.98 Å². The number of ether oxygens (including phenoxy) is 1. The van der Waals surface area contributed by atoms with Crippen molar-refractivity contribution >= 4 is 23.6 Å². The van der Waals surface area contributed by atoms with E-state index in [4.69, 9.17) is 9.72 Å². The summed E-state index contributed by atoms with van der Waals surface area (Å²) < 4.78 is 5.94. The summed E-state index contributed by atoms with van der Waals surface area (Å²) in [5.41, 5.74) is 4.57. The Labute approximate surface area is 231 Å². The van der Waals surface area contributed by atoms with Crippen LogP contribution in [0.1, 0.15) is 84.0 Å². The Kier molecular flexibility index (Phi) is 8.24. The van der Waals surface area contributed by atoms with E-state index in [1.165, 1.54) is 11.1 Å². The van der Waals surface area contributed by atoms with Crippen molar-refractivity contribution in [1.29, 1.82) is 0 Å². The Morgan fingerprint density at radius 3 is 2.21 bits per heavy atom. The number of rotatable bonds is 6. The number of likely N-dealkylation sites (tertiary alicyclic amines) is 1. The molecule has 1 aromatic heterocycles. The first kappa shape index (κ1) is 28.6. The molecule has 2 aromatic rings. The number of hydrogen-bond donors (Lipinski definition) is 1. The first-order valence-electron chi connectivity index (χ1n) is 13.7. The molecule has 3 heterocycles. The van der Waals surface area contributed by atoms with Gasteiger partial charge in [-0.2, -0.15) is 0 Å². The minimum absolute atomic E-state index is 0.00887. The van der Waals surface area contributed by atoms with Gasteiger partial charge in [0.05, 0.1) is 44.4 Å². The summed E-state index contributed by atoms with van der Waals surface area (Å²) in [6, 6.07) is 4.41. The van der Waals surface area contributed by atoms with Crippen LogP contribution in [0.4, 0.5) is 0 Å². The van der Waals surface area contributed by atoms with Crippen LogP contribution in [-0.4, -0.2) is 77.6 Å². The number of aromatic nitrogens is 1. The smallest absolute Gasteiger partial charge is 0.242 e.